The Morgan fingerprint density at radius 1 is 1.14 bits per heavy atom. The topological polar surface area (TPSA) is 102 Å². The fourth-order valence-corrected chi connectivity index (χ4v) is 4.78. The van der Waals surface area contributed by atoms with Crippen molar-refractivity contribution in [2.45, 2.75) is 39.2 Å². The number of carbonyl (C=O) groups excluding carboxylic acids is 2. The van der Waals surface area contributed by atoms with Crippen molar-refractivity contribution in [2.24, 2.45) is 5.92 Å². The maximum Gasteiger partial charge on any atom is 0.255 e. The van der Waals surface area contributed by atoms with Crippen LogP contribution >= 0.6 is 15.9 Å². The SMILES string of the molecule is C.CN1CCN(C(=O)c2ccc(Nc3ncc(Br)c(N[C@@H]4CCC[C@@H]4C(=O)NCC(F)F)n3)cc2)CC1. The van der Waals surface area contributed by atoms with E-state index in [1.165, 1.54) is 0 Å². The van der Waals surface area contributed by atoms with Crippen molar-refractivity contribution in [1.82, 2.24) is 25.1 Å². The van der Waals surface area contributed by atoms with Crippen LogP contribution in [0.5, 0.6) is 0 Å². The second-order valence-corrected chi connectivity index (χ2v) is 9.97. The zero-order valence-electron chi connectivity index (χ0n) is 20.0. The number of hydrogen-bond acceptors (Lipinski definition) is 7. The van der Waals surface area contributed by atoms with Gasteiger partial charge < -0.3 is 25.8 Å². The maximum absolute atomic E-state index is 12.8. The number of alkyl halides is 2. The van der Waals surface area contributed by atoms with Crippen LogP contribution in [0.15, 0.2) is 34.9 Å². The quantitative estimate of drug-likeness (QED) is 0.433. The zero-order chi connectivity index (χ0) is 25.7. The number of likely N-dealkylation sites (N-methyl/N-ethyl adjacent to an activating group) is 1. The molecule has 2 fully saturated rings. The van der Waals surface area contributed by atoms with Crippen molar-refractivity contribution in [3.63, 3.8) is 0 Å². The number of carbonyl (C=O) groups is 2. The van der Waals surface area contributed by atoms with Crippen LogP contribution in [0, 0.1) is 5.92 Å². The van der Waals surface area contributed by atoms with Gasteiger partial charge in [0.05, 0.1) is 16.9 Å². The Labute approximate surface area is 224 Å². The van der Waals surface area contributed by atoms with Gasteiger partial charge in [-0.3, -0.25) is 9.59 Å². The van der Waals surface area contributed by atoms with Gasteiger partial charge in [0, 0.05) is 49.7 Å². The maximum atomic E-state index is 12.8. The zero-order valence-corrected chi connectivity index (χ0v) is 21.6. The molecule has 202 valence electrons. The van der Waals surface area contributed by atoms with Gasteiger partial charge in [0.25, 0.3) is 12.3 Å². The molecule has 0 unspecified atom stereocenters. The van der Waals surface area contributed by atoms with Gasteiger partial charge in [0.1, 0.15) is 5.82 Å². The summed E-state index contributed by atoms with van der Waals surface area (Å²) in [4.78, 5) is 38.0. The average molecular weight is 582 g/mol. The third kappa shape index (κ3) is 7.57. The molecule has 0 bridgehead atoms. The number of rotatable bonds is 8. The van der Waals surface area contributed by atoms with Gasteiger partial charge in [-0.25, -0.2) is 13.8 Å². The van der Waals surface area contributed by atoms with E-state index in [2.05, 4.69) is 46.7 Å². The second kappa shape index (κ2) is 13.1. The van der Waals surface area contributed by atoms with E-state index < -0.39 is 18.9 Å². The average Bonchev–Trinajstić information content (AvgIpc) is 3.33. The molecule has 0 radical (unpaired) electrons. The van der Waals surface area contributed by atoms with Crippen molar-refractivity contribution >= 4 is 45.2 Å². The van der Waals surface area contributed by atoms with Crippen LogP contribution < -0.4 is 16.0 Å². The highest BCUT2D eigenvalue weighted by Gasteiger charge is 2.33. The van der Waals surface area contributed by atoms with Crippen LogP contribution in [0.1, 0.15) is 37.0 Å². The number of amides is 2. The molecule has 1 aromatic heterocycles. The summed E-state index contributed by atoms with van der Waals surface area (Å²) in [5.74, 6) is 0.0839. The molecule has 2 aromatic rings. The van der Waals surface area contributed by atoms with E-state index in [9.17, 15) is 18.4 Å². The van der Waals surface area contributed by atoms with E-state index in [1.807, 2.05) is 24.1 Å². The lowest BCUT2D eigenvalue weighted by atomic mass is 10.0. The summed E-state index contributed by atoms with van der Waals surface area (Å²) < 4.78 is 25.6. The number of anilines is 3. The Morgan fingerprint density at radius 3 is 2.51 bits per heavy atom. The van der Waals surface area contributed by atoms with E-state index >= 15 is 0 Å². The molecule has 1 saturated heterocycles. The predicted molar refractivity (Wildman–Crippen MR) is 143 cm³/mol. The van der Waals surface area contributed by atoms with Crippen LogP contribution in [0.3, 0.4) is 0 Å². The third-order valence-electron chi connectivity index (χ3n) is 6.53. The van der Waals surface area contributed by atoms with Gasteiger partial charge in [0.2, 0.25) is 11.9 Å². The summed E-state index contributed by atoms with van der Waals surface area (Å²) in [7, 11) is 2.05. The fourth-order valence-electron chi connectivity index (χ4n) is 4.48. The Hall–Kier alpha value is -2.86. The molecule has 0 spiro atoms. The van der Waals surface area contributed by atoms with Gasteiger partial charge in [-0.05, 0) is 60.1 Å². The largest absolute Gasteiger partial charge is 0.365 e. The summed E-state index contributed by atoms with van der Waals surface area (Å²) in [5.41, 5.74) is 1.35. The molecule has 1 saturated carbocycles. The normalized spacial score (nSPS) is 19.9. The minimum Gasteiger partial charge on any atom is -0.365 e. The molecule has 1 aliphatic carbocycles. The molecule has 2 amide bonds. The Bertz CT molecular complexity index is 1070. The molecule has 2 aliphatic rings. The number of piperazine rings is 1. The lowest BCUT2D eigenvalue weighted by Crippen LogP contribution is -2.47. The fraction of sp³-hybridized carbons (Fsp3) is 0.520. The number of nitrogens with zero attached hydrogens (tertiary/aromatic N) is 4. The molecule has 9 nitrogen and oxygen atoms in total. The number of halogens is 3. The highest BCUT2D eigenvalue weighted by molar-refractivity contribution is 9.10. The van der Waals surface area contributed by atoms with Gasteiger partial charge >= 0.3 is 0 Å². The lowest BCUT2D eigenvalue weighted by Gasteiger charge is -2.32. The van der Waals surface area contributed by atoms with Crippen LogP contribution in [-0.4, -0.2) is 83.8 Å². The monoisotopic (exact) mass is 581 g/mol. The Morgan fingerprint density at radius 2 is 1.84 bits per heavy atom. The minimum atomic E-state index is -2.58. The standard InChI is InChI=1S/C24H30BrF2N7O2.CH4/c1-33-9-11-34(12-10-33)23(36)15-5-7-16(8-6-15)30-24-29-13-18(25)21(32-24)31-19-4-2-3-17(19)22(35)28-14-20(26)27;/h5-8,13,17,19-20H,2-4,9-12,14H2,1H3,(H,28,35)(H2,29,30,31,32);1H4/t17-,19+;/m0./s1. The first-order chi connectivity index (χ1) is 17.3. The summed E-state index contributed by atoms with van der Waals surface area (Å²) in [6, 6.07) is 6.95. The number of hydrogen-bond donors (Lipinski definition) is 3. The van der Waals surface area contributed by atoms with E-state index in [0.29, 0.717) is 41.3 Å². The molecule has 3 N–H and O–H groups in total. The van der Waals surface area contributed by atoms with Gasteiger partial charge in [-0.1, -0.05) is 13.8 Å². The minimum absolute atomic E-state index is 0. The molecular formula is C25H34BrF2N7O2. The van der Waals surface area contributed by atoms with Crippen molar-refractivity contribution in [3.8, 4) is 0 Å². The summed E-state index contributed by atoms with van der Waals surface area (Å²) in [5, 5.41) is 8.73. The van der Waals surface area contributed by atoms with E-state index in [0.717, 1.165) is 31.6 Å². The number of nitrogens with one attached hydrogen (secondary N) is 3. The smallest absolute Gasteiger partial charge is 0.255 e. The molecule has 1 aliphatic heterocycles. The van der Waals surface area contributed by atoms with Gasteiger partial charge in [-0.15, -0.1) is 0 Å². The van der Waals surface area contributed by atoms with Crippen LogP contribution in [-0.2, 0) is 4.79 Å². The van der Waals surface area contributed by atoms with E-state index in [1.54, 1.807) is 18.3 Å². The van der Waals surface area contributed by atoms with Gasteiger partial charge in [-0.2, -0.15) is 4.98 Å². The molecular weight excluding hydrogens is 548 g/mol. The van der Waals surface area contributed by atoms with Gasteiger partial charge in [0.15, 0.2) is 0 Å². The highest BCUT2D eigenvalue weighted by Crippen LogP contribution is 2.31. The second-order valence-electron chi connectivity index (χ2n) is 9.11. The summed E-state index contributed by atoms with van der Waals surface area (Å²) in [6.07, 6.45) is 1.20. The first kappa shape index (κ1) is 28.7. The van der Waals surface area contributed by atoms with Crippen LogP contribution in [0.2, 0.25) is 0 Å². The number of benzene rings is 1. The van der Waals surface area contributed by atoms with Crippen molar-refractivity contribution in [1.29, 1.82) is 0 Å². The lowest BCUT2D eigenvalue weighted by molar-refractivity contribution is -0.125. The molecule has 1 aromatic carbocycles. The summed E-state index contributed by atoms with van der Waals surface area (Å²) >= 11 is 3.44. The van der Waals surface area contributed by atoms with E-state index in [-0.39, 0.29) is 25.3 Å². The Kier molecular flexibility index (Phi) is 10.2. The van der Waals surface area contributed by atoms with Crippen LogP contribution in [0.25, 0.3) is 0 Å². The van der Waals surface area contributed by atoms with Crippen molar-refractivity contribution < 1.29 is 18.4 Å². The van der Waals surface area contributed by atoms with Crippen molar-refractivity contribution in [3.05, 3.63) is 40.5 Å². The predicted octanol–water partition coefficient (Wildman–Crippen LogP) is 3.97. The summed E-state index contributed by atoms with van der Waals surface area (Å²) in [6.45, 7) is 2.52. The molecule has 12 heteroatoms. The number of aromatic nitrogens is 2. The van der Waals surface area contributed by atoms with E-state index in [4.69, 9.17) is 0 Å². The van der Waals surface area contributed by atoms with Crippen LogP contribution in [0.4, 0.5) is 26.2 Å². The molecule has 2 atom stereocenters. The first-order valence-electron chi connectivity index (χ1n) is 12.0. The Balaban J connectivity index is 0.00000380. The molecule has 4 rings (SSSR count). The highest BCUT2D eigenvalue weighted by atomic mass is 79.9. The van der Waals surface area contributed by atoms with Crippen molar-refractivity contribution in [2.75, 3.05) is 50.4 Å². The third-order valence-corrected chi connectivity index (χ3v) is 7.11. The molecule has 2 heterocycles. The first-order valence-corrected chi connectivity index (χ1v) is 12.8. The molecule has 37 heavy (non-hydrogen) atoms.